The summed E-state index contributed by atoms with van der Waals surface area (Å²) in [6, 6.07) is 96.0. The first-order valence-electron chi connectivity index (χ1n) is 26.0. The summed E-state index contributed by atoms with van der Waals surface area (Å²) in [7, 11) is 0. The van der Waals surface area contributed by atoms with Gasteiger partial charge in [-0.2, -0.15) is 0 Å². The van der Waals surface area contributed by atoms with E-state index in [-0.39, 0.29) is 0 Å². The van der Waals surface area contributed by atoms with Gasteiger partial charge in [0.15, 0.2) is 0 Å². The van der Waals surface area contributed by atoms with Crippen molar-refractivity contribution in [3.8, 4) is 72.7 Å². The molecule has 0 N–H and O–H groups in total. The van der Waals surface area contributed by atoms with Crippen molar-refractivity contribution in [2.75, 3.05) is 0 Å². The maximum atomic E-state index is 2.57. The second kappa shape index (κ2) is 18.1. The number of rotatable bonds is 9. The molecule has 0 spiro atoms. The van der Waals surface area contributed by atoms with Gasteiger partial charge in [0, 0.05) is 49.3 Å². The molecule has 0 saturated heterocycles. The molecule has 75 heavy (non-hydrogen) atoms. The highest BCUT2D eigenvalue weighted by atomic mass is 15.1. The molecule has 0 amide bonds. The van der Waals surface area contributed by atoms with E-state index < -0.39 is 0 Å². The summed E-state index contributed by atoms with van der Waals surface area (Å²) in [5.41, 5.74) is 23.3. The van der Waals surface area contributed by atoms with Gasteiger partial charge in [-0.3, -0.25) is 0 Å². The van der Waals surface area contributed by atoms with Crippen molar-refractivity contribution in [3.05, 3.63) is 278 Å². The monoisotopic (exact) mass is 957 g/mol. The Labute approximate surface area is 436 Å². The fourth-order valence-electron chi connectivity index (χ4n) is 12.1. The summed E-state index contributed by atoms with van der Waals surface area (Å²) < 4.78 is 7.54. The molecular formula is C72H51N3. The smallest absolute Gasteiger partial charge is 0.0782 e. The molecule has 0 bridgehead atoms. The minimum Gasteiger partial charge on any atom is -0.313 e. The van der Waals surface area contributed by atoms with Gasteiger partial charge in [-0.25, -0.2) is 0 Å². The molecule has 354 valence electrons. The predicted molar refractivity (Wildman–Crippen MR) is 319 cm³/mol. The first-order chi connectivity index (χ1) is 37.1. The lowest BCUT2D eigenvalue weighted by atomic mass is 9.92. The third kappa shape index (κ3) is 7.11. The number of aromatic nitrogens is 3. The number of allylic oxidation sites excluding steroid dienone is 1. The Morgan fingerprint density at radius 3 is 1.21 bits per heavy atom. The van der Waals surface area contributed by atoms with Crippen LogP contribution < -0.4 is 0 Å². The normalized spacial score (nSPS) is 11.8. The minimum atomic E-state index is 1.10. The lowest BCUT2D eigenvalue weighted by Crippen LogP contribution is -2.07. The Morgan fingerprint density at radius 1 is 0.280 bits per heavy atom. The SMILES string of the molecule is C/C=C\c1c(C)n(-c2ccccc2-c2cccc(-n3c4ccccc4c4ccccc43)c2-n2c3ccc(-c4ccccc4-c4ccccc4)cc3c3cc(-c4ccccc4-c4ccccc4)ccc32)c2ccccc12. The van der Waals surface area contributed by atoms with Gasteiger partial charge in [-0.15, -0.1) is 0 Å². The summed E-state index contributed by atoms with van der Waals surface area (Å²) in [5.74, 6) is 0. The number of hydrogen-bond acceptors (Lipinski definition) is 0. The van der Waals surface area contributed by atoms with Crippen LogP contribution in [0.5, 0.6) is 0 Å². The Hall–Kier alpha value is -9.70. The van der Waals surface area contributed by atoms with Crippen molar-refractivity contribution in [3.63, 3.8) is 0 Å². The lowest BCUT2D eigenvalue weighted by molar-refractivity contribution is 1.05. The molecule has 11 aromatic carbocycles. The van der Waals surface area contributed by atoms with Crippen molar-refractivity contribution < 1.29 is 0 Å². The van der Waals surface area contributed by atoms with E-state index in [9.17, 15) is 0 Å². The second-order valence-electron chi connectivity index (χ2n) is 19.5. The summed E-state index contributed by atoms with van der Waals surface area (Å²) >= 11 is 0. The van der Waals surface area contributed by atoms with E-state index in [1.807, 2.05) is 0 Å². The molecule has 0 aliphatic heterocycles. The van der Waals surface area contributed by atoms with Crippen LogP contribution in [0.1, 0.15) is 18.2 Å². The molecule has 3 heteroatoms. The van der Waals surface area contributed by atoms with Gasteiger partial charge in [0.05, 0.1) is 44.6 Å². The third-order valence-electron chi connectivity index (χ3n) is 15.4. The van der Waals surface area contributed by atoms with Gasteiger partial charge >= 0.3 is 0 Å². The standard InChI is InChI=1S/C72H51N3/c1-3-23-53-48(2)73(65-37-18-14-32-58(53)65)66-38-19-17-35-61(66)62-36-22-41-71(74-67-39-20-15-33-59(67)60-34-16-21-40-68(60)74)72(62)75-69-44-42-51(56-30-12-10-28-54(56)49-24-6-4-7-25-49)46-63(69)64-47-52(43-45-70(64)75)57-31-13-11-29-55(57)50-26-8-5-9-27-50/h3-47H,1-2H3/b23-3-. The van der Waals surface area contributed by atoms with Crippen LogP contribution in [-0.4, -0.2) is 13.7 Å². The first-order valence-corrected chi connectivity index (χ1v) is 26.0. The van der Waals surface area contributed by atoms with Gasteiger partial charge in [0.2, 0.25) is 0 Å². The molecule has 0 radical (unpaired) electrons. The number of para-hydroxylation sites is 5. The largest absolute Gasteiger partial charge is 0.313 e. The third-order valence-corrected chi connectivity index (χ3v) is 15.4. The molecule has 3 aromatic heterocycles. The number of nitrogens with zero attached hydrogens (tertiary/aromatic N) is 3. The lowest BCUT2D eigenvalue weighted by Gasteiger charge is -2.23. The quantitative estimate of drug-likeness (QED) is 0.137. The predicted octanol–water partition coefficient (Wildman–Crippen LogP) is 19.5. The van der Waals surface area contributed by atoms with Crippen molar-refractivity contribution in [2.45, 2.75) is 13.8 Å². The second-order valence-corrected chi connectivity index (χ2v) is 19.5. The summed E-state index contributed by atoms with van der Waals surface area (Å²) in [5, 5.41) is 6.05. The molecule has 3 nitrogen and oxygen atoms in total. The Balaban J connectivity index is 1.12. The maximum absolute atomic E-state index is 2.57. The number of benzene rings is 11. The van der Waals surface area contributed by atoms with E-state index in [1.54, 1.807) is 0 Å². The van der Waals surface area contributed by atoms with Gasteiger partial charge in [-0.1, -0.05) is 218 Å². The maximum Gasteiger partial charge on any atom is 0.0782 e. The van der Waals surface area contributed by atoms with Crippen LogP contribution in [0.3, 0.4) is 0 Å². The molecule has 0 fully saturated rings. The van der Waals surface area contributed by atoms with Gasteiger partial charge in [0.1, 0.15) is 0 Å². The van der Waals surface area contributed by atoms with Crippen molar-refractivity contribution >= 4 is 60.6 Å². The van der Waals surface area contributed by atoms with Gasteiger partial charge in [-0.05, 0) is 113 Å². The van der Waals surface area contributed by atoms with Crippen molar-refractivity contribution in [1.82, 2.24) is 13.7 Å². The van der Waals surface area contributed by atoms with Crippen LogP contribution in [0.4, 0.5) is 0 Å². The van der Waals surface area contributed by atoms with Gasteiger partial charge < -0.3 is 13.7 Å². The zero-order valence-electron chi connectivity index (χ0n) is 41.8. The molecule has 0 aliphatic rings. The Kier molecular flexibility index (Phi) is 10.6. The topological polar surface area (TPSA) is 14.8 Å². The number of hydrogen-bond donors (Lipinski definition) is 0. The van der Waals surface area contributed by atoms with Crippen molar-refractivity contribution in [1.29, 1.82) is 0 Å². The molecule has 14 rings (SSSR count). The van der Waals surface area contributed by atoms with Gasteiger partial charge in [0.25, 0.3) is 0 Å². The zero-order valence-corrected chi connectivity index (χ0v) is 41.8. The van der Waals surface area contributed by atoms with E-state index in [0.717, 1.165) is 50.3 Å². The Morgan fingerprint density at radius 2 is 0.680 bits per heavy atom. The summed E-state index contributed by atoms with van der Waals surface area (Å²) in [4.78, 5) is 0. The van der Waals surface area contributed by atoms with E-state index in [4.69, 9.17) is 0 Å². The van der Waals surface area contributed by atoms with Crippen molar-refractivity contribution in [2.24, 2.45) is 0 Å². The van der Waals surface area contributed by atoms with E-state index in [0.29, 0.717) is 0 Å². The van der Waals surface area contributed by atoms with Crippen LogP contribution in [0, 0.1) is 6.92 Å². The van der Waals surface area contributed by atoms with Crippen LogP contribution in [0.25, 0.3) is 133 Å². The van der Waals surface area contributed by atoms with E-state index >= 15 is 0 Å². The van der Waals surface area contributed by atoms with E-state index in [1.165, 1.54) is 88.2 Å². The molecule has 0 atom stereocenters. The van der Waals surface area contributed by atoms with Crippen LogP contribution in [-0.2, 0) is 0 Å². The molecule has 3 heterocycles. The molecule has 14 aromatic rings. The van der Waals surface area contributed by atoms with E-state index in [2.05, 4.69) is 301 Å². The van der Waals surface area contributed by atoms with Crippen LogP contribution in [0.15, 0.2) is 267 Å². The molecular weight excluding hydrogens is 907 g/mol. The zero-order chi connectivity index (χ0) is 50.0. The highest BCUT2D eigenvalue weighted by molar-refractivity contribution is 6.14. The Bertz CT molecular complexity index is 4350. The molecule has 0 unspecified atom stereocenters. The number of fused-ring (bicyclic) bond motifs is 7. The fraction of sp³-hybridized carbons (Fsp3) is 0.0278. The fourth-order valence-corrected chi connectivity index (χ4v) is 12.1. The average molecular weight is 958 g/mol. The summed E-state index contributed by atoms with van der Waals surface area (Å²) in [6.45, 7) is 4.36. The summed E-state index contributed by atoms with van der Waals surface area (Å²) in [6.07, 6.45) is 4.40. The highest BCUT2D eigenvalue weighted by Crippen LogP contribution is 2.47. The minimum absolute atomic E-state index is 1.10. The molecule has 0 saturated carbocycles. The van der Waals surface area contributed by atoms with Crippen LogP contribution in [0.2, 0.25) is 0 Å². The molecule has 0 aliphatic carbocycles. The first kappa shape index (κ1) is 44.0. The van der Waals surface area contributed by atoms with Crippen LogP contribution >= 0.6 is 0 Å². The average Bonchev–Trinajstić information content (AvgIpc) is 4.13. The highest BCUT2D eigenvalue weighted by Gasteiger charge is 2.26.